The molecular weight excluding hydrogens is 456 g/mol. The number of hydrogen-bond donors (Lipinski definition) is 2. The number of phenols is 1. The Bertz CT molecular complexity index is 1060. The van der Waals surface area contributed by atoms with Gasteiger partial charge in [-0.15, -0.1) is 6.58 Å². The van der Waals surface area contributed by atoms with Crippen molar-refractivity contribution in [2.45, 2.75) is 13.0 Å². The zero-order valence-corrected chi connectivity index (χ0v) is 17.7. The number of para-hydroxylation sites is 1. The number of halogens is 2. The molecular formula is C21H18BrClN4O2. The summed E-state index contributed by atoms with van der Waals surface area (Å²) in [5.41, 5.74) is 4.87. The summed E-state index contributed by atoms with van der Waals surface area (Å²) in [6.45, 7) is 4.16. The molecule has 3 aromatic rings. The lowest BCUT2D eigenvalue weighted by Crippen LogP contribution is -2.19. The molecule has 1 heterocycles. The fraction of sp³-hybridized carbons (Fsp3) is 0.0952. The number of nitrogens with one attached hydrogen (secondary N) is 1. The number of hydrogen-bond acceptors (Lipinski definition) is 4. The van der Waals surface area contributed by atoms with Crippen LogP contribution in [0.15, 0.2) is 70.9 Å². The highest BCUT2D eigenvalue weighted by molar-refractivity contribution is 9.10. The van der Waals surface area contributed by atoms with Crippen molar-refractivity contribution in [3.05, 3.63) is 93.2 Å². The van der Waals surface area contributed by atoms with Gasteiger partial charge in [0.15, 0.2) is 5.69 Å². The van der Waals surface area contributed by atoms with E-state index in [1.165, 1.54) is 6.21 Å². The number of benzene rings is 2. The van der Waals surface area contributed by atoms with Crippen LogP contribution in [-0.4, -0.2) is 27.0 Å². The van der Waals surface area contributed by atoms with Crippen molar-refractivity contribution < 1.29 is 9.90 Å². The van der Waals surface area contributed by atoms with Crippen LogP contribution in [0.2, 0.25) is 5.02 Å². The molecule has 0 aliphatic rings. The molecule has 0 aliphatic heterocycles. The third-order valence-electron chi connectivity index (χ3n) is 4.07. The number of carbonyl (C=O) groups excluding carboxylic acids is 1. The number of allylic oxidation sites excluding steroid dienone is 1. The molecule has 0 bridgehead atoms. The quantitative estimate of drug-likeness (QED) is 0.300. The van der Waals surface area contributed by atoms with Gasteiger partial charge in [-0.05, 0) is 51.7 Å². The van der Waals surface area contributed by atoms with Crippen LogP contribution in [0.25, 0.3) is 0 Å². The van der Waals surface area contributed by atoms with Crippen LogP contribution in [0.1, 0.15) is 27.2 Å². The molecule has 8 heteroatoms. The minimum Gasteiger partial charge on any atom is -0.507 e. The Balaban J connectivity index is 1.67. The van der Waals surface area contributed by atoms with E-state index in [1.807, 2.05) is 12.1 Å². The van der Waals surface area contributed by atoms with Crippen LogP contribution >= 0.6 is 27.5 Å². The number of phenolic OH excluding ortho intramolecular Hbond substituents is 1. The Morgan fingerprint density at radius 3 is 2.79 bits per heavy atom. The van der Waals surface area contributed by atoms with Crippen LogP contribution in [0, 0.1) is 0 Å². The second-order valence-electron chi connectivity index (χ2n) is 6.20. The molecule has 0 saturated carbocycles. The van der Waals surface area contributed by atoms with E-state index >= 15 is 0 Å². The molecule has 29 heavy (non-hydrogen) atoms. The first-order chi connectivity index (χ1) is 14.0. The first kappa shape index (κ1) is 20.8. The van der Waals surface area contributed by atoms with E-state index in [9.17, 15) is 9.90 Å². The topological polar surface area (TPSA) is 79.5 Å². The maximum atomic E-state index is 12.4. The summed E-state index contributed by atoms with van der Waals surface area (Å²) < 4.78 is 2.20. The Morgan fingerprint density at radius 1 is 1.31 bits per heavy atom. The Labute approximate surface area is 181 Å². The molecule has 0 atom stereocenters. The van der Waals surface area contributed by atoms with E-state index in [0.29, 0.717) is 28.0 Å². The highest BCUT2D eigenvalue weighted by Crippen LogP contribution is 2.21. The second-order valence-corrected chi connectivity index (χ2v) is 7.49. The highest BCUT2D eigenvalue weighted by Gasteiger charge is 2.15. The van der Waals surface area contributed by atoms with Gasteiger partial charge in [-0.2, -0.15) is 10.2 Å². The maximum Gasteiger partial charge on any atom is 0.293 e. The Hall–Kier alpha value is -2.90. The Kier molecular flexibility index (Phi) is 6.85. The molecule has 6 nitrogen and oxygen atoms in total. The molecule has 0 saturated heterocycles. The first-order valence-corrected chi connectivity index (χ1v) is 9.87. The summed E-state index contributed by atoms with van der Waals surface area (Å²) in [7, 11) is 0. The van der Waals surface area contributed by atoms with Gasteiger partial charge in [0.1, 0.15) is 5.75 Å². The van der Waals surface area contributed by atoms with E-state index in [2.05, 4.69) is 38.1 Å². The lowest BCUT2D eigenvalue weighted by molar-refractivity contribution is 0.0948. The summed E-state index contributed by atoms with van der Waals surface area (Å²) in [5.74, 6) is -0.358. The number of carbonyl (C=O) groups is 1. The molecule has 2 N–H and O–H groups in total. The van der Waals surface area contributed by atoms with E-state index in [4.69, 9.17) is 11.6 Å². The normalized spacial score (nSPS) is 11.0. The van der Waals surface area contributed by atoms with Gasteiger partial charge in [0.2, 0.25) is 0 Å². The number of aromatic nitrogens is 2. The summed E-state index contributed by atoms with van der Waals surface area (Å²) in [4.78, 5) is 12.4. The third-order valence-corrected chi connectivity index (χ3v) is 4.91. The lowest BCUT2D eigenvalue weighted by Gasteiger charge is -2.04. The van der Waals surface area contributed by atoms with Gasteiger partial charge in [-0.1, -0.05) is 41.9 Å². The van der Waals surface area contributed by atoms with Gasteiger partial charge in [0, 0.05) is 16.8 Å². The standard InChI is InChI=1S/C21H18BrClN4O2/c1-2-4-15-5-3-6-16(20(15)28)11-24-25-21(29)19-18(22)13-27(26-19)12-14-7-9-17(23)10-8-14/h2-3,5-11,13,28H,1,4,12H2,(H,25,29)/b24-11-. The third kappa shape index (κ3) is 5.34. The maximum absolute atomic E-state index is 12.4. The zero-order valence-electron chi connectivity index (χ0n) is 15.3. The SMILES string of the molecule is C=CCc1cccc(/C=N\NC(=O)c2nn(Cc3ccc(Cl)cc3)cc2Br)c1O. The minimum atomic E-state index is -0.468. The fourth-order valence-electron chi connectivity index (χ4n) is 2.66. The van der Waals surface area contributed by atoms with E-state index in [0.717, 1.165) is 11.1 Å². The van der Waals surface area contributed by atoms with Crippen molar-refractivity contribution >= 4 is 39.7 Å². The van der Waals surface area contributed by atoms with Crippen LogP contribution in [0.5, 0.6) is 5.75 Å². The predicted octanol–water partition coefficient (Wildman–Crippen LogP) is 4.55. The van der Waals surface area contributed by atoms with Crippen molar-refractivity contribution in [3.63, 3.8) is 0 Å². The molecule has 0 unspecified atom stereocenters. The molecule has 0 radical (unpaired) electrons. The molecule has 148 valence electrons. The zero-order chi connectivity index (χ0) is 20.8. The van der Waals surface area contributed by atoms with Crippen molar-refractivity contribution in [1.29, 1.82) is 0 Å². The van der Waals surface area contributed by atoms with Crippen LogP contribution in [0.3, 0.4) is 0 Å². The summed E-state index contributed by atoms with van der Waals surface area (Å²) in [5, 5.41) is 19.1. The fourth-order valence-corrected chi connectivity index (χ4v) is 3.28. The lowest BCUT2D eigenvalue weighted by atomic mass is 10.1. The number of rotatable bonds is 7. The first-order valence-electron chi connectivity index (χ1n) is 8.70. The number of aromatic hydroxyl groups is 1. The average molecular weight is 474 g/mol. The molecule has 0 fully saturated rings. The van der Waals surface area contributed by atoms with E-state index < -0.39 is 5.91 Å². The molecule has 2 aromatic carbocycles. The van der Waals surface area contributed by atoms with Gasteiger partial charge in [-0.3, -0.25) is 9.48 Å². The van der Waals surface area contributed by atoms with Gasteiger partial charge >= 0.3 is 0 Å². The largest absolute Gasteiger partial charge is 0.507 e. The molecule has 0 aliphatic carbocycles. The van der Waals surface area contributed by atoms with Crippen molar-refractivity contribution in [3.8, 4) is 5.75 Å². The van der Waals surface area contributed by atoms with E-state index in [1.54, 1.807) is 47.3 Å². The summed E-state index contributed by atoms with van der Waals surface area (Å²) >= 11 is 9.25. The van der Waals surface area contributed by atoms with Gasteiger partial charge in [0.25, 0.3) is 5.91 Å². The molecule has 1 aromatic heterocycles. The van der Waals surface area contributed by atoms with Gasteiger partial charge in [0.05, 0.1) is 17.2 Å². The number of hydrazone groups is 1. The number of amides is 1. The van der Waals surface area contributed by atoms with Crippen LogP contribution < -0.4 is 5.43 Å². The predicted molar refractivity (Wildman–Crippen MR) is 118 cm³/mol. The second kappa shape index (κ2) is 9.54. The van der Waals surface area contributed by atoms with Crippen LogP contribution in [-0.2, 0) is 13.0 Å². The highest BCUT2D eigenvalue weighted by atomic mass is 79.9. The molecule has 0 spiro atoms. The van der Waals surface area contributed by atoms with Gasteiger partial charge in [-0.25, -0.2) is 5.43 Å². The van der Waals surface area contributed by atoms with Gasteiger partial charge < -0.3 is 5.11 Å². The average Bonchev–Trinajstić information content (AvgIpc) is 3.07. The van der Waals surface area contributed by atoms with Crippen LogP contribution in [0.4, 0.5) is 0 Å². The molecule has 1 amide bonds. The monoisotopic (exact) mass is 472 g/mol. The van der Waals surface area contributed by atoms with Crippen molar-refractivity contribution in [2.24, 2.45) is 5.10 Å². The number of nitrogens with zero attached hydrogens (tertiary/aromatic N) is 3. The Morgan fingerprint density at radius 2 is 2.07 bits per heavy atom. The minimum absolute atomic E-state index is 0.110. The molecule has 3 rings (SSSR count). The summed E-state index contributed by atoms with van der Waals surface area (Å²) in [6, 6.07) is 12.7. The van der Waals surface area contributed by atoms with E-state index in [-0.39, 0.29) is 11.4 Å². The smallest absolute Gasteiger partial charge is 0.293 e. The van der Waals surface area contributed by atoms with Crippen molar-refractivity contribution in [1.82, 2.24) is 15.2 Å². The summed E-state index contributed by atoms with van der Waals surface area (Å²) in [6.07, 6.45) is 5.35. The van der Waals surface area contributed by atoms with Crippen molar-refractivity contribution in [2.75, 3.05) is 0 Å².